The van der Waals surface area contributed by atoms with Crippen molar-refractivity contribution >= 4 is 21.6 Å². The predicted octanol–water partition coefficient (Wildman–Crippen LogP) is 2.48. The number of rotatable bonds is 8. The van der Waals surface area contributed by atoms with Crippen LogP contribution in [0.2, 0.25) is 0 Å². The molecule has 7 nitrogen and oxygen atoms in total. The summed E-state index contributed by atoms with van der Waals surface area (Å²) < 4.78 is 36.4. The van der Waals surface area contributed by atoms with Crippen LogP contribution >= 0.6 is 0 Å². The highest BCUT2D eigenvalue weighted by molar-refractivity contribution is 7.92. The maximum absolute atomic E-state index is 12.7. The lowest BCUT2D eigenvalue weighted by molar-refractivity contribution is -0.122. The van der Waals surface area contributed by atoms with Gasteiger partial charge in [-0.1, -0.05) is 29.8 Å². The maximum Gasteiger partial charge on any atom is 0.243 e. The topological polar surface area (TPSA) is 84.9 Å². The Bertz CT molecular complexity index is 943. The van der Waals surface area contributed by atoms with Crippen molar-refractivity contribution in [1.29, 1.82) is 0 Å². The molecule has 0 aliphatic rings. The minimum atomic E-state index is -3.72. The van der Waals surface area contributed by atoms with Gasteiger partial charge in [0.1, 0.15) is 6.04 Å². The van der Waals surface area contributed by atoms with Gasteiger partial charge in [-0.15, -0.1) is 0 Å². The molecule has 1 atom stereocenters. The average Bonchev–Trinajstić information content (AvgIpc) is 2.64. The van der Waals surface area contributed by atoms with Crippen LogP contribution in [0.5, 0.6) is 11.5 Å². The number of hydrogen-bond acceptors (Lipinski definition) is 5. The molecule has 0 aromatic heterocycles. The van der Waals surface area contributed by atoms with Gasteiger partial charge < -0.3 is 14.8 Å². The molecule has 8 heteroatoms. The van der Waals surface area contributed by atoms with Crippen molar-refractivity contribution in [3.63, 3.8) is 0 Å². The second-order valence-corrected chi connectivity index (χ2v) is 8.34. The highest BCUT2D eigenvalue weighted by Gasteiger charge is 2.29. The fraction of sp³-hybridized carbons (Fsp3) is 0.350. The molecule has 0 saturated carbocycles. The third kappa shape index (κ3) is 5.16. The van der Waals surface area contributed by atoms with E-state index in [0.717, 1.165) is 21.7 Å². The summed E-state index contributed by atoms with van der Waals surface area (Å²) in [4.78, 5) is 12.7. The molecule has 0 aliphatic carbocycles. The van der Waals surface area contributed by atoms with Crippen molar-refractivity contribution in [3.05, 3.63) is 53.6 Å². The number of methoxy groups -OCH3 is 2. The number of aryl methyl sites for hydroxylation is 1. The number of amides is 1. The fourth-order valence-electron chi connectivity index (χ4n) is 2.93. The summed E-state index contributed by atoms with van der Waals surface area (Å²) in [5, 5.41) is 2.80. The van der Waals surface area contributed by atoms with Crippen LogP contribution in [-0.4, -0.2) is 40.8 Å². The summed E-state index contributed by atoms with van der Waals surface area (Å²) in [5.41, 5.74) is 2.35. The van der Waals surface area contributed by atoms with E-state index in [-0.39, 0.29) is 0 Å². The molecule has 2 aromatic rings. The first-order valence-corrected chi connectivity index (χ1v) is 10.6. The second-order valence-electron chi connectivity index (χ2n) is 6.48. The van der Waals surface area contributed by atoms with Gasteiger partial charge in [0.25, 0.3) is 0 Å². The van der Waals surface area contributed by atoms with E-state index in [0.29, 0.717) is 23.7 Å². The minimum absolute atomic E-state index is 0.314. The highest BCUT2D eigenvalue weighted by atomic mass is 32.2. The van der Waals surface area contributed by atoms with Crippen molar-refractivity contribution in [1.82, 2.24) is 5.32 Å². The van der Waals surface area contributed by atoms with E-state index < -0.39 is 22.0 Å². The molecule has 0 bridgehead atoms. The van der Waals surface area contributed by atoms with Crippen LogP contribution in [0.1, 0.15) is 18.1 Å². The Morgan fingerprint density at radius 1 is 1.11 bits per heavy atom. The zero-order chi connectivity index (χ0) is 20.9. The number of carbonyl (C=O) groups excluding carboxylic acids is 1. The van der Waals surface area contributed by atoms with Crippen molar-refractivity contribution < 1.29 is 22.7 Å². The molecule has 1 amide bonds. The number of benzene rings is 2. The average molecular weight is 407 g/mol. The zero-order valence-electron chi connectivity index (χ0n) is 16.7. The number of ether oxygens (including phenoxy) is 2. The van der Waals surface area contributed by atoms with E-state index in [1.165, 1.54) is 20.3 Å². The summed E-state index contributed by atoms with van der Waals surface area (Å²) in [6.45, 7) is 3.83. The normalized spacial score (nSPS) is 12.2. The number of nitrogens with zero attached hydrogens (tertiary/aromatic N) is 1. The van der Waals surface area contributed by atoms with Gasteiger partial charge in [-0.3, -0.25) is 9.10 Å². The molecular formula is C20H26N2O5S. The van der Waals surface area contributed by atoms with Gasteiger partial charge in [0.15, 0.2) is 11.5 Å². The predicted molar refractivity (Wildman–Crippen MR) is 109 cm³/mol. The van der Waals surface area contributed by atoms with Gasteiger partial charge >= 0.3 is 0 Å². The molecule has 0 radical (unpaired) electrons. The standard InChI is InChI=1S/C20H26N2O5S/c1-14-7-6-8-16(11-14)13-21-20(23)15(2)22(28(5,24)25)17-9-10-18(26-3)19(12-17)27-4/h6-12,15H,13H2,1-5H3,(H,21,23)/t15-/m1/s1. The lowest BCUT2D eigenvalue weighted by Crippen LogP contribution is -2.47. The minimum Gasteiger partial charge on any atom is -0.493 e. The Balaban J connectivity index is 2.26. The Morgan fingerprint density at radius 3 is 2.36 bits per heavy atom. The first-order chi connectivity index (χ1) is 13.2. The number of anilines is 1. The van der Waals surface area contributed by atoms with E-state index in [1.807, 2.05) is 31.2 Å². The van der Waals surface area contributed by atoms with Gasteiger partial charge in [-0.25, -0.2) is 8.42 Å². The summed E-state index contributed by atoms with van der Waals surface area (Å²) >= 11 is 0. The lowest BCUT2D eigenvalue weighted by Gasteiger charge is -2.28. The number of sulfonamides is 1. The van der Waals surface area contributed by atoms with Crippen LogP contribution in [0.25, 0.3) is 0 Å². The van der Waals surface area contributed by atoms with Crippen LogP contribution < -0.4 is 19.1 Å². The van der Waals surface area contributed by atoms with Gasteiger partial charge in [-0.05, 0) is 31.5 Å². The molecule has 0 saturated heterocycles. The maximum atomic E-state index is 12.7. The van der Waals surface area contributed by atoms with E-state index in [9.17, 15) is 13.2 Å². The van der Waals surface area contributed by atoms with Crippen LogP contribution in [0.3, 0.4) is 0 Å². The number of hydrogen-bond donors (Lipinski definition) is 1. The smallest absolute Gasteiger partial charge is 0.243 e. The molecule has 1 N–H and O–H groups in total. The third-order valence-electron chi connectivity index (χ3n) is 4.26. The second kappa shape index (κ2) is 8.97. The summed E-state index contributed by atoms with van der Waals surface area (Å²) in [6.07, 6.45) is 1.06. The van der Waals surface area contributed by atoms with Crippen LogP contribution in [0.4, 0.5) is 5.69 Å². The molecular weight excluding hydrogens is 380 g/mol. The SMILES string of the molecule is COc1ccc(N([C@H](C)C(=O)NCc2cccc(C)c2)S(C)(=O)=O)cc1OC. The molecule has 0 spiro atoms. The molecule has 2 aromatic carbocycles. The molecule has 0 heterocycles. The van der Waals surface area contributed by atoms with E-state index in [2.05, 4.69) is 5.32 Å². The van der Waals surface area contributed by atoms with E-state index in [1.54, 1.807) is 19.1 Å². The Hall–Kier alpha value is -2.74. The molecule has 2 rings (SSSR count). The largest absolute Gasteiger partial charge is 0.493 e. The highest BCUT2D eigenvalue weighted by Crippen LogP contribution is 2.33. The number of carbonyl (C=O) groups is 1. The van der Waals surface area contributed by atoms with Gasteiger partial charge in [0.05, 0.1) is 26.2 Å². The summed E-state index contributed by atoms with van der Waals surface area (Å²) in [5.74, 6) is 0.444. The van der Waals surface area contributed by atoms with Crippen LogP contribution in [0.15, 0.2) is 42.5 Å². The van der Waals surface area contributed by atoms with Crippen molar-refractivity contribution in [2.45, 2.75) is 26.4 Å². The Morgan fingerprint density at radius 2 is 1.79 bits per heavy atom. The molecule has 0 aliphatic heterocycles. The lowest BCUT2D eigenvalue weighted by atomic mass is 10.1. The third-order valence-corrected chi connectivity index (χ3v) is 5.50. The molecule has 0 unspecified atom stereocenters. The number of nitrogens with one attached hydrogen (secondary N) is 1. The van der Waals surface area contributed by atoms with Crippen molar-refractivity contribution in [2.24, 2.45) is 0 Å². The first-order valence-electron chi connectivity index (χ1n) is 8.72. The molecule has 152 valence electrons. The van der Waals surface area contributed by atoms with Crippen LogP contribution in [-0.2, 0) is 21.4 Å². The van der Waals surface area contributed by atoms with Crippen molar-refractivity contribution in [3.8, 4) is 11.5 Å². The first kappa shape index (κ1) is 21.6. The zero-order valence-corrected chi connectivity index (χ0v) is 17.5. The molecule has 28 heavy (non-hydrogen) atoms. The van der Waals surface area contributed by atoms with Crippen molar-refractivity contribution in [2.75, 3.05) is 24.8 Å². The van der Waals surface area contributed by atoms with Gasteiger partial charge in [0.2, 0.25) is 15.9 Å². The monoisotopic (exact) mass is 406 g/mol. The molecule has 0 fully saturated rings. The summed E-state index contributed by atoms with van der Waals surface area (Å²) in [7, 11) is -0.764. The fourth-order valence-corrected chi connectivity index (χ4v) is 4.10. The Kier molecular flexibility index (Phi) is 6.90. The van der Waals surface area contributed by atoms with Gasteiger partial charge in [0, 0.05) is 12.6 Å². The van der Waals surface area contributed by atoms with E-state index in [4.69, 9.17) is 9.47 Å². The summed E-state index contributed by atoms with van der Waals surface area (Å²) in [6, 6.07) is 11.5. The van der Waals surface area contributed by atoms with Crippen LogP contribution in [0, 0.1) is 6.92 Å². The van der Waals surface area contributed by atoms with Gasteiger partial charge in [-0.2, -0.15) is 0 Å². The quantitative estimate of drug-likeness (QED) is 0.728. The van der Waals surface area contributed by atoms with E-state index >= 15 is 0 Å². The Labute approximate surface area is 166 Å².